The highest BCUT2D eigenvalue weighted by Crippen LogP contribution is 2.13. The van der Waals surface area contributed by atoms with Crippen LogP contribution in [0.3, 0.4) is 0 Å². The molecule has 0 aliphatic heterocycles. The molecule has 0 N–H and O–H groups in total. The lowest BCUT2D eigenvalue weighted by Gasteiger charge is -2.06. The van der Waals surface area contributed by atoms with E-state index in [1.165, 1.54) is 12.1 Å². The zero-order chi connectivity index (χ0) is 14.5. The third-order valence-electron chi connectivity index (χ3n) is 3.10. The first kappa shape index (κ1) is 14.2. The number of nitrogens with zero attached hydrogens (tertiary/aromatic N) is 1. The van der Waals surface area contributed by atoms with E-state index in [2.05, 4.69) is 4.98 Å². The maximum atomic E-state index is 13.0. The number of halogens is 1. The second kappa shape index (κ2) is 6.28. The Hall–Kier alpha value is -2.23. The fraction of sp³-hybridized carbons (Fsp3) is 0.250. The minimum atomic E-state index is -0.280. The van der Waals surface area contributed by atoms with E-state index in [0.717, 1.165) is 16.7 Å². The Kier molecular flexibility index (Phi) is 4.45. The summed E-state index contributed by atoms with van der Waals surface area (Å²) in [7, 11) is 1.55. The molecule has 0 bridgehead atoms. The van der Waals surface area contributed by atoms with E-state index < -0.39 is 0 Å². The van der Waals surface area contributed by atoms with Crippen molar-refractivity contribution in [3.63, 3.8) is 0 Å². The standard InChI is InChI=1S/C16H16FNO2/c1-11-7-14(17)5-4-13(11)9-15(19)8-12-3-6-16(20-2)18-10-12/h3-7,10H,8-9H2,1-2H3. The summed E-state index contributed by atoms with van der Waals surface area (Å²) in [6, 6.07) is 8.03. The van der Waals surface area contributed by atoms with Crippen molar-refractivity contribution in [2.75, 3.05) is 7.11 Å². The molecule has 0 fully saturated rings. The summed E-state index contributed by atoms with van der Waals surface area (Å²) >= 11 is 0. The SMILES string of the molecule is COc1ccc(CC(=O)Cc2ccc(F)cc2C)cn1. The fourth-order valence-electron chi connectivity index (χ4n) is 2.00. The van der Waals surface area contributed by atoms with Gasteiger partial charge < -0.3 is 4.74 Å². The molecule has 2 aromatic rings. The molecule has 0 unspecified atom stereocenters. The number of pyridine rings is 1. The summed E-state index contributed by atoms with van der Waals surface area (Å²) in [4.78, 5) is 16.1. The van der Waals surface area contributed by atoms with Crippen molar-refractivity contribution in [1.29, 1.82) is 0 Å². The first-order valence-electron chi connectivity index (χ1n) is 6.34. The molecule has 1 aromatic heterocycles. The Morgan fingerprint density at radius 2 is 2.05 bits per heavy atom. The first-order valence-corrected chi connectivity index (χ1v) is 6.34. The average molecular weight is 273 g/mol. The molecular formula is C16H16FNO2. The Morgan fingerprint density at radius 3 is 2.65 bits per heavy atom. The molecule has 4 heteroatoms. The van der Waals surface area contributed by atoms with Gasteiger partial charge in [0.1, 0.15) is 11.6 Å². The van der Waals surface area contributed by atoms with Crippen LogP contribution in [0.5, 0.6) is 5.88 Å². The van der Waals surface area contributed by atoms with Crippen molar-refractivity contribution < 1.29 is 13.9 Å². The topological polar surface area (TPSA) is 39.2 Å². The number of ether oxygens (including phenoxy) is 1. The predicted octanol–water partition coefficient (Wildman–Crippen LogP) is 2.89. The summed E-state index contributed by atoms with van der Waals surface area (Å²) < 4.78 is 18.0. The Labute approximate surface area is 117 Å². The maximum absolute atomic E-state index is 13.0. The fourth-order valence-corrected chi connectivity index (χ4v) is 2.00. The van der Waals surface area contributed by atoms with Gasteiger partial charge in [-0.15, -0.1) is 0 Å². The van der Waals surface area contributed by atoms with E-state index in [9.17, 15) is 9.18 Å². The van der Waals surface area contributed by atoms with Crippen LogP contribution in [0.1, 0.15) is 16.7 Å². The predicted molar refractivity (Wildman–Crippen MR) is 74.3 cm³/mol. The largest absolute Gasteiger partial charge is 0.481 e. The first-order chi connectivity index (χ1) is 9.58. The molecule has 3 nitrogen and oxygen atoms in total. The van der Waals surface area contributed by atoms with Gasteiger partial charge in [0.25, 0.3) is 0 Å². The number of ketones is 1. The van der Waals surface area contributed by atoms with E-state index in [1.54, 1.807) is 32.4 Å². The molecule has 0 saturated heterocycles. The van der Waals surface area contributed by atoms with E-state index in [1.807, 2.05) is 6.07 Å². The molecule has 0 aliphatic rings. The van der Waals surface area contributed by atoms with Gasteiger partial charge >= 0.3 is 0 Å². The summed E-state index contributed by atoms with van der Waals surface area (Å²) in [6.45, 7) is 1.81. The lowest BCUT2D eigenvalue weighted by molar-refractivity contribution is -0.117. The zero-order valence-electron chi connectivity index (χ0n) is 11.5. The number of carbonyl (C=O) groups excluding carboxylic acids is 1. The van der Waals surface area contributed by atoms with Crippen LogP contribution in [-0.4, -0.2) is 17.9 Å². The molecule has 0 radical (unpaired) electrons. The summed E-state index contributed by atoms with van der Waals surface area (Å²) in [5.74, 6) is 0.320. The number of hydrogen-bond donors (Lipinski definition) is 0. The third kappa shape index (κ3) is 3.63. The van der Waals surface area contributed by atoms with Crippen molar-refractivity contribution in [2.24, 2.45) is 0 Å². The highest BCUT2D eigenvalue weighted by Gasteiger charge is 2.08. The minimum absolute atomic E-state index is 0.0756. The van der Waals surface area contributed by atoms with Crippen LogP contribution in [0.15, 0.2) is 36.5 Å². The summed E-state index contributed by atoms with van der Waals surface area (Å²) in [5.41, 5.74) is 2.50. The van der Waals surface area contributed by atoms with Crippen molar-refractivity contribution in [3.05, 3.63) is 59.0 Å². The number of aromatic nitrogens is 1. The zero-order valence-corrected chi connectivity index (χ0v) is 11.5. The number of carbonyl (C=O) groups is 1. The summed E-state index contributed by atoms with van der Waals surface area (Å²) in [6.07, 6.45) is 2.25. The second-order valence-electron chi connectivity index (χ2n) is 4.67. The quantitative estimate of drug-likeness (QED) is 0.841. The summed E-state index contributed by atoms with van der Waals surface area (Å²) in [5, 5.41) is 0. The Morgan fingerprint density at radius 1 is 1.25 bits per heavy atom. The van der Waals surface area contributed by atoms with E-state index in [-0.39, 0.29) is 11.6 Å². The minimum Gasteiger partial charge on any atom is -0.481 e. The highest BCUT2D eigenvalue weighted by molar-refractivity contribution is 5.83. The van der Waals surface area contributed by atoms with Crippen molar-refractivity contribution >= 4 is 5.78 Å². The maximum Gasteiger partial charge on any atom is 0.212 e. The molecule has 0 aliphatic carbocycles. The average Bonchev–Trinajstić information content (AvgIpc) is 2.43. The molecule has 0 atom stereocenters. The van der Waals surface area contributed by atoms with Gasteiger partial charge in [-0.3, -0.25) is 4.79 Å². The number of hydrogen-bond acceptors (Lipinski definition) is 3. The van der Waals surface area contributed by atoms with E-state index in [4.69, 9.17) is 4.74 Å². The molecule has 104 valence electrons. The van der Waals surface area contributed by atoms with Crippen LogP contribution in [0.4, 0.5) is 4.39 Å². The molecule has 0 amide bonds. The van der Waals surface area contributed by atoms with Gasteiger partial charge in [-0.2, -0.15) is 0 Å². The van der Waals surface area contributed by atoms with Gasteiger partial charge in [0.2, 0.25) is 5.88 Å². The van der Waals surface area contributed by atoms with Gasteiger partial charge in [-0.25, -0.2) is 9.37 Å². The number of rotatable bonds is 5. The third-order valence-corrected chi connectivity index (χ3v) is 3.10. The van der Waals surface area contributed by atoms with Gasteiger partial charge in [-0.05, 0) is 35.7 Å². The van der Waals surface area contributed by atoms with Gasteiger partial charge in [0.05, 0.1) is 7.11 Å². The smallest absolute Gasteiger partial charge is 0.212 e. The van der Waals surface area contributed by atoms with Crippen molar-refractivity contribution in [3.8, 4) is 5.88 Å². The van der Waals surface area contributed by atoms with E-state index in [0.29, 0.717) is 18.7 Å². The molecule has 0 saturated carbocycles. The molecule has 20 heavy (non-hydrogen) atoms. The number of aryl methyl sites for hydroxylation is 1. The van der Waals surface area contributed by atoms with Crippen LogP contribution in [0.2, 0.25) is 0 Å². The van der Waals surface area contributed by atoms with Crippen LogP contribution in [-0.2, 0) is 17.6 Å². The molecule has 1 heterocycles. The molecule has 1 aromatic carbocycles. The Balaban J connectivity index is 2.01. The highest BCUT2D eigenvalue weighted by atomic mass is 19.1. The number of methoxy groups -OCH3 is 1. The van der Waals surface area contributed by atoms with Gasteiger partial charge in [0.15, 0.2) is 0 Å². The lowest BCUT2D eigenvalue weighted by Crippen LogP contribution is -2.08. The normalized spacial score (nSPS) is 10.3. The van der Waals surface area contributed by atoms with Gasteiger partial charge in [0, 0.05) is 25.1 Å². The van der Waals surface area contributed by atoms with Crippen LogP contribution in [0.25, 0.3) is 0 Å². The number of Topliss-reactive ketones (excluding diaryl/α,β-unsaturated/α-hetero) is 1. The van der Waals surface area contributed by atoms with Crippen molar-refractivity contribution in [2.45, 2.75) is 19.8 Å². The van der Waals surface area contributed by atoms with Crippen LogP contribution >= 0.6 is 0 Å². The Bertz CT molecular complexity index is 608. The molecular weight excluding hydrogens is 257 g/mol. The van der Waals surface area contributed by atoms with Crippen molar-refractivity contribution in [1.82, 2.24) is 4.98 Å². The van der Waals surface area contributed by atoms with Gasteiger partial charge in [-0.1, -0.05) is 12.1 Å². The monoisotopic (exact) mass is 273 g/mol. The van der Waals surface area contributed by atoms with Crippen LogP contribution < -0.4 is 4.74 Å². The lowest BCUT2D eigenvalue weighted by atomic mass is 10.00. The molecule has 2 rings (SSSR count). The van der Waals surface area contributed by atoms with E-state index >= 15 is 0 Å². The van der Waals surface area contributed by atoms with Crippen LogP contribution in [0, 0.1) is 12.7 Å². The second-order valence-corrected chi connectivity index (χ2v) is 4.67. The number of benzene rings is 1. The molecule has 0 spiro atoms.